The van der Waals surface area contributed by atoms with Crippen LogP contribution < -0.4 is 0 Å². The fourth-order valence-electron chi connectivity index (χ4n) is 4.35. The molecule has 0 atom stereocenters. The van der Waals surface area contributed by atoms with Crippen LogP contribution in [0.15, 0.2) is 0 Å². The Hall–Kier alpha value is -0.160. The lowest BCUT2D eigenvalue weighted by Crippen LogP contribution is -2.65. The summed E-state index contributed by atoms with van der Waals surface area (Å²) in [7, 11) is 0. The van der Waals surface area contributed by atoms with Crippen molar-refractivity contribution in [3.05, 3.63) is 0 Å². The molecule has 3 aliphatic rings. The first-order chi connectivity index (χ1) is 9.35. The third-order valence-corrected chi connectivity index (χ3v) is 5.25. The molecule has 0 saturated carbocycles. The second-order valence-corrected chi connectivity index (χ2v) is 6.22. The van der Waals surface area contributed by atoms with Crippen LogP contribution in [0.5, 0.6) is 0 Å². The van der Waals surface area contributed by atoms with Gasteiger partial charge < -0.3 is 0 Å². The van der Waals surface area contributed by atoms with Crippen LogP contribution in [0, 0.1) is 0 Å². The van der Waals surface area contributed by atoms with E-state index in [1.807, 2.05) is 0 Å². The lowest BCUT2D eigenvalue weighted by molar-refractivity contribution is -0.0731. The Morgan fingerprint density at radius 3 is 1.47 bits per heavy atom. The number of hydrogen-bond acceptors (Lipinski definition) is 4. The van der Waals surface area contributed by atoms with Gasteiger partial charge in [0.1, 0.15) is 0 Å². The quantitative estimate of drug-likeness (QED) is 0.742. The van der Waals surface area contributed by atoms with Gasteiger partial charge in [0.25, 0.3) is 0 Å². The van der Waals surface area contributed by atoms with Gasteiger partial charge >= 0.3 is 0 Å². The van der Waals surface area contributed by atoms with E-state index in [0.29, 0.717) is 12.3 Å². The predicted octanol–water partition coefficient (Wildman–Crippen LogP) is 1.10. The van der Waals surface area contributed by atoms with Crippen molar-refractivity contribution in [3.63, 3.8) is 0 Å². The van der Waals surface area contributed by atoms with Crippen LogP contribution in [0.4, 0.5) is 0 Å². The van der Waals surface area contributed by atoms with Crippen molar-refractivity contribution in [2.24, 2.45) is 0 Å². The van der Waals surface area contributed by atoms with Crippen molar-refractivity contribution in [2.75, 3.05) is 52.4 Å². The van der Waals surface area contributed by atoms with Crippen LogP contribution >= 0.6 is 0 Å². The average molecular weight is 266 g/mol. The molecule has 0 aromatic heterocycles. The zero-order valence-corrected chi connectivity index (χ0v) is 12.7. The lowest BCUT2D eigenvalue weighted by Gasteiger charge is -2.49. The van der Waals surface area contributed by atoms with Gasteiger partial charge in [0.05, 0.1) is 12.3 Å². The highest BCUT2D eigenvalue weighted by Crippen LogP contribution is 2.28. The summed E-state index contributed by atoms with van der Waals surface area (Å²) in [5, 5.41) is 0. The molecule has 19 heavy (non-hydrogen) atoms. The third-order valence-electron chi connectivity index (χ3n) is 5.25. The molecule has 0 aromatic carbocycles. The molecule has 0 aromatic rings. The zero-order valence-electron chi connectivity index (χ0n) is 12.7. The van der Waals surface area contributed by atoms with Crippen molar-refractivity contribution in [3.8, 4) is 0 Å². The highest BCUT2D eigenvalue weighted by molar-refractivity contribution is 4.94. The molecule has 0 amide bonds. The number of nitrogens with zero attached hydrogens (tertiary/aromatic N) is 4. The van der Waals surface area contributed by atoms with E-state index in [2.05, 4.69) is 33.4 Å². The maximum absolute atomic E-state index is 2.78. The largest absolute Gasteiger partial charge is 0.286 e. The molecule has 4 nitrogen and oxygen atoms in total. The van der Waals surface area contributed by atoms with Crippen molar-refractivity contribution < 1.29 is 0 Å². The second-order valence-electron chi connectivity index (χ2n) is 6.22. The molecular weight excluding hydrogens is 236 g/mol. The van der Waals surface area contributed by atoms with Gasteiger partial charge in [-0.15, -0.1) is 0 Å². The number of rotatable bonds is 2. The van der Waals surface area contributed by atoms with Gasteiger partial charge in [-0.1, -0.05) is 13.8 Å². The van der Waals surface area contributed by atoms with Crippen molar-refractivity contribution in [1.29, 1.82) is 0 Å². The van der Waals surface area contributed by atoms with Crippen LogP contribution in [0.2, 0.25) is 0 Å². The molecule has 3 fully saturated rings. The molecule has 0 spiro atoms. The van der Waals surface area contributed by atoms with Crippen LogP contribution in [-0.4, -0.2) is 84.3 Å². The molecular formula is C15H30N4. The Morgan fingerprint density at radius 1 is 0.632 bits per heavy atom. The summed E-state index contributed by atoms with van der Waals surface area (Å²) < 4.78 is 0. The lowest BCUT2D eigenvalue weighted by atomic mass is 10.1. The topological polar surface area (TPSA) is 13.0 Å². The van der Waals surface area contributed by atoms with E-state index >= 15 is 0 Å². The van der Waals surface area contributed by atoms with E-state index in [9.17, 15) is 0 Å². The zero-order chi connectivity index (χ0) is 13.2. The maximum Gasteiger partial charge on any atom is 0.0921 e. The van der Waals surface area contributed by atoms with Gasteiger partial charge in [-0.2, -0.15) is 0 Å². The smallest absolute Gasteiger partial charge is 0.0921 e. The second kappa shape index (κ2) is 6.08. The van der Waals surface area contributed by atoms with Crippen molar-refractivity contribution in [1.82, 2.24) is 19.6 Å². The Bertz CT molecular complexity index is 270. The van der Waals surface area contributed by atoms with E-state index in [0.717, 1.165) is 0 Å². The van der Waals surface area contributed by atoms with E-state index in [-0.39, 0.29) is 0 Å². The van der Waals surface area contributed by atoms with E-state index < -0.39 is 0 Å². The Labute approximate surface area is 118 Å². The van der Waals surface area contributed by atoms with Gasteiger partial charge in [0, 0.05) is 39.3 Å². The molecule has 0 N–H and O–H groups in total. The fraction of sp³-hybridized carbons (Fsp3) is 1.00. The van der Waals surface area contributed by atoms with E-state index in [1.54, 1.807) is 0 Å². The average Bonchev–Trinajstić information content (AvgIpc) is 2.74. The Balaban J connectivity index is 1.92. The summed E-state index contributed by atoms with van der Waals surface area (Å²) in [5.74, 6) is 0. The predicted molar refractivity (Wildman–Crippen MR) is 79.1 cm³/mol. The van der Waals surface area contributed by atoms with Crippen LogP contribution in [0.3, 0.4) is 0 Å². The molecule has 4 heteroatoms. The van der Waals surface area contributed by atoms with Crippen LogP contribution in [0.25, 0.3) is 0 Å². The molecule has 3 rings (SSSR count). The van der Waals surface area contributed by atoms with E-state index in [4.69, 9.17) is 0 Å². The number of likely N-dealkylation sites (N-methyl/N-ethyl adjacent to an activating group) is 2. The first kappa shape index (κ1) is 13.8. The molecule has 0 radical (unpaired) electrons. The minimum atomic E-state index is 0.625. The summed E-state index contributed by atoms with van der Waals surface area (Å²) in [4.78, 5) is 11.0. The SMILES string of the molecule is CCN1CCCN2CCCN3CCCN(CC)C1C23. The van der Waals surface area contributed by atoms with Gasteiger partial charge in [-0.05, 0) is 32.4 Å². The molecule has 0 aliphatic carbocycles. The third kappa shape index (κ3) is 2.56. The summed E-state index contributed by atoms with van der Waals surface area (Å²) in [6.07, 6.45) is 5.32. The van der Waals surface area contributed by atoms with E-state index in [1.165, 1.54) is 71.6 Å². The summed E-state index contributed by atoms with van der Waals surface area (Å²) in [6.45, 7) is 14.8. The van der Waals surface area contributed by atoms with Gasteiger partial charge in [0.15, 0.2) is 0 Å². The minimum Gasteiger partial charge on any atom is -0.286 e. The molecule has 0 unspecified atom stereocenters. The normalized spacial score (nSPS) is 35.7. The molecule has 110 valence electrons. The highest BCUT2D eigenvalue weighted by atomic mass is 15.5. The van der Waals surface area contributed by atoms with Gasteiger partial charge in [-0.3, -0.25) is 19.6 Å². The molecule has 3 aliphatic heterocycles. The molecule has 3 saturated heterocycles. The fourth-order valence-corrected chi connectivity index (χ4v) is 4.35. The van der Waals surface area contributed by atoms with Crippen LogP contribution in [-0.2, 0) is 0 Å². The maximum atomic E-state index is 2.78. The first-order valence-electron chi connectivity index (χ1n) is 8.31. The number of hydrogen-bond donors (Lipinski definition) is 0. The summed E-state index contributed by atoms with van der Waals surface area (Å²) >= 11 is 0. The Kier molecular flexibility index (Phi) is 4.42. The monoisotopic (exact) mass is 266 g/mol. The highest BCUT2D eigenvalue weighted by Gasteiger charge is 2.43. The van der Waals surface area contributed by atoms with Crippen molar-refractivity contribution >= 4 is 0 Å². The van der Waals surface area contributed by atoms with Gasteiger partial charge in [0.2, 0.25) is 0 Å². The van der Waals surface area contributed by atoms with Crippen molar-refractivity contribution in [2.45, 2.75) is 45.4 Å². The van der Waals surface area contributed by atoms with Crippen LogP contribution in [0.1, 0.15) is 33.1 Å². The minimum absolute atomic E-state index is 0.625. The summed E-state index contributed by atoms with van der Waals surface area (Å²) in [5.41, 5.74) is 0. The standard InChI is InChI=1S/C15H30N4/c1-3-16-8-5-10-18-12-7-13-19-11-6-9-17(4-2)14(16)15(18)19/h14-15H,3-13H2,1-2H3. The molecule has 0 bridgehead atoms. The molecule has 3 heterocycles. The Morgan fingerprint density at radius 2 is 1.05 bits per heavy atom. The van der Waals surface area contributed by atoms with Gasteiger partial charge in [-0.25, -0.2) is 0 Å². The first-order valence-corrected chi connectivity index (χ1v) is 8.31. The summed E-state index contributed by atoms with van der Waals surface area (Å²) in [6, 6.07) is 0.